The zero-order chi connectivity index (χ0) is 19.2. The van der Waals surface area contributed by atoms with E-state index in [0.29, 0.717) is 0 Å². The van der Waals surface area contributed by atoms with Crippen LogP contribution in [0.15, 0.2) is 54.6 Å². The molecule has 1 fully saturated rings. The molecule has 0 bridgehead atoms. The zero-order valence-electron chi connectivity index (χ0n) is 15.7. The highest BCUT2D eigenvalue weighted by Crippen LogP contribution is 2.22. The Morgan fingerprint density at radius 1 is 1.30 bits per heavy atom. The van der Waals surface area contributed by atoms with Crippen molar-refractivity contribution in [1.82, 2.24) is 5.32 Å². The van der Waals surface area contributed by atoms with Crippen molar-refractivity contribution < 1.29 is 13.9 Å². The fraction of sp³-hybridized carbons (Fsp3) is 0.318. The summed E-state index contributed by atoms with van der Waals surface area (Å²) in [5, 5.41) is 2.97. The van der Waals surface area contributed by atoms with Crippen LogP contribution in [0.2, 0.25) is 0 Å². The monoisotopic (exact) mass is 368 g/mol. The number of nitrogens with zero attached hydrogens (tertiary/aromatic N) is 1. The molecule has 1 aliphatic rings. The van der Waals surface area contributed by atoms with E-state index in [1.165, 1.54) is 18.2 Å². The van der Waals surface area contributed by atoms with E-state index in [-0.39, 0.29) is 23.9 Å². The summed E-state index contributed by atoms with van der Waals surface area (Å²) < 4.78 is 18.5. The lowest BCUT2D eigenvalue weighted by Gasteiger charge is -2.33. The van der Waals surface area contributed by atoms with E-state index in [1.807, 2.05) is 19.1 Å². The first-order valence-corrected chi connectivity index (χ1v) is 9.22. The third kappa shape index (κ3) is 5.41. The molecule has 2 aromatic rings. The topological polar surface area (TPSA) is 41.6 Å². The van der Waals surface area contributed by atoms with Gasteiger partial charge in [-0.05, 0) is 55.3 Å². The number of carbonyl (C=O) groups excluding carboxylic acids is 1. The zero-order valence-corrected chi connectivity index (χ0v) is 15.7. The van der Waals surface area contributed by atoms with Crippen molar-refractivity contribution in [3.05, 3.63) is 71.6 Å². The predicted molar refractivity (Wildman–Crippen MR) is 106 cm³/mol. The molecule has 5 heteroatoms. The Labute approximate surface area is 159 Å². The number of nitrogens with one attached hydrogen (secondary N) is 1. The van der Waals surface area contributed by atoms with Gasteiger partial charge < -0.3 is 15.0 Å². The van der Waals surface area contributed by atoms with Crippen LogP contribution >= 0.6 is 0 Å². The molecule has 0 radical (unpaired) electrons. The van der Waals surface area contributed by atoms with Gasteiger partial charge in [-0.2, -0.15) is 0 Å². The lowest BCUT2D eigenvalue weighted by molar-refractivity contribution is -0.117. The third-order valence-electron chi connectivity index (χ3n) is 4.63. The Balaban J connectivity index is 1.61. The first-order chi connectivity index (χ1) is 13.0. The SMILES string of the molecule is CC1CN(c2cccc([C@@H](C)NC(=O)/C=C/c3ccc(F)cc3)c2)CCO1. The molecule has 1 amide bonds. The molecule has 1 N–H and O–H groups in total. The molecular weight excluding hydrogens is 343 g/mol. The summed E-state index contributed by atoms with van der Waals surface area (Å²) in [4.78, 5) is 14.5. The number of ether oxygens (including phenoxy) is 1. The molecule has 2 aromatic carbocycles. The van der Waals surface area contributed by atoms with Crippen molar-refractivity contribution in [2.45, 2.75) is 26.0 Å². The molecule has 3 rings (SSSR count). The van der Waals surface area contributed by atoms with E-state index in [0.717, 1.165) is 36.5 Å². The van der Waals surface area contributed by atoms with Gasteiger partial charge in [0.25, 0.3) is 0 Å². The van der Waals surface area contributed by atoms with Crippen molar-refractivity contribution >= 4 is 17.7 Å². The van der Waals surface area contributed by atoms with Gasteiger partial charge in [-0.3, -0.25) is 4.79 Å². The molecule has 2 atom stereocenters. The van der Waals surface area contributed by atoms with Crippen LogP contribution < -0.4 is 10.2 Å². The van der Waals surface area contributed by atoms with Crippen molar-refractivity contribution in [2.24, 2.45) is 0 Å². The Morgan fingerprint density at radius 3 is 2.81 bits per heavy atom. The smallest absolute Gasteiger partial charge is 0.244 e. The lowest BCUT2D eigenvalue weighted by Crippen LogP contribution is -2.41. The van der Waals surface area contributed by atoms with Gasteiger partial charge in [0.05, 0.1) is 18.8 Å². The summed E-state index contributed by atoms with van der Waals surface area (Å²) in [6.45, 7) is 6.50. The van der Waals surface area contributed by atoms with E-state index >= 15 is 0 Å². The van der Waals surface area contributed by atoms with Crippen LogP contribution in [0.1, 0.15) is 31.0 Å². The van der Waals surface area contributed by atoms with E-state index in [4.69, 9.17) is 4.74 Å². The molecule has 0 saturated carbocycles. The highest BCUT2D eigenvalue weighted by molar-refractivity contribution is 5.92. The molecule has 1 saturated heterocycles. The average molecular weight is 368 g/mol. The van der Waals surface area contributed by atoms with Crippen LogP contribution in [-0.4, -0.2) is 31.7 Å². The first-order valence-electron chi connectivity index (χ1n) is 9.22. The van der Waals surface area contributed by atoms with Gasteiger partial charge in [-0.25, -0.2) is 4.39 Å². The highest BCUT2D eigenvalue weighted by Gasteiger charge is 2.18. The molecule has 0 spiro atoms. The number of halogens is 1. The van der Waals surface area contributed by atoms with E-state index in [9.17, 15) is 9.18 Å². The molecule has 142 valence electrons. The number of anilines is 1. The summed E-state index contributed by atoms with van der Waals surface area (Å²) in [6.07, 6.45) is 3.36. The Morgan fingerprint density at radius 2 is 2.07 bits per heavy atom. The van der Waals surface area contributed by atoms with Gasteiger partial charge in [0.1, 0.15) is 5.82 Å². The Kier molecular flexibility index (Phi) is 6.24. The summed E-state index contributed by atoms with van der Waals surface area (Å²) in [7, 11) is 0. The summed E-state index contributed by atoms with van der Waals surface area (Å²) in [6, 6.07) is 14.1. The molecule has 27 heavy (non-hydrogen) atoms. The van der Waals surface area contributed by atoms with Crippen LogP contribution in [0.4, 0.5) is 10.1 Å². The number of rotatable bonds is 5. The van der Waals surface area contributed by atoms with Crippen molar-refractivity contribution in [3.63, 3.8) is 0 Å². The molecule has 1 heterocycles. The molecule has 4 nitrogen and oxygen atoms in total. The Bertz CT molecular complexity index is 804. The lowest BCUT2D eigenvalue weighted by atomic mass is 10.1. The fourth-order valence-corrected chi connectivity index (χ4v) is 3.13. The second kappa shape index (κ2) is 8.82. The minimum atomic E-state index is -0.292. The molecule has 0 aliphatic carbocycles. The molecular formula is C22H25FN2O2. The van der Waals surface area contributed by atoms with Crippen LogP contribution in [-0.2, 0) is 9.53 Å². The molecule has 0 aromatic heterocycles. The number of amides is 1. The van der Waals surface area contributed by atoms with E-state index in [1.54, 1.807) is 18.2 Å². The number of carbonyl (C=O) groups is 1. The predicted octanol–water partition coefficient (Wildman–Crippen LogP) is 3.94. The minimum Gasteiger partial charge on any atom is -0.375 e. The Hall–Kier alpha value is -2.66. The molecule has 1 unspecified atom stereocenters. The van der Waals surface area contributed by atoms with Crippen LogP contribution in [0.3, 0.4) is 0 Å². The van der Waals surface area contributed by atoms with Crippen molar-refractivity contribution in [1.29, 1.82) is 0 Å². The number of hydrogen-bond donors (Lipinski definition) is 1. The largest absolute Gasteiger partial charge is 0.375 e. The summed E-state index contributed by atoms with van der Waals surface area (Å²) in [5.41, 5.74) is 2.98. The van der Waals surface area contributed by atoms with Gasteiger partial charge in [0.15, 0.2) is 0 Å². The van der Waals surface area contributed by atoms with E-state index < -0.39 is 0 Å². The minimum absolute atomic E-state index is 0.117. The van der Waals surface area contributed by atoms with Crippen molar-refractivity contribution in [2.75, 3.05) is 24.6 Å². The summed E-state index contributed by atoms with van der Waals surface area (Å²) >= 11 is 0. The average Bonchev–Trinajstić information content (AvgIpc) is 2.67. The van der Waals surface area contributed by atoms with E-state index in [2.05, 4.69) is 29.3 Å². The van der Waals surface area contributed by atoms with Gasteiger partial charge in [0.2, 0.25) is 5.91 Å². The quantitative estimate of drug-likeness (QED) is 0.813. The maximum absolute atomic E-state index is 12.9. The van der Waals surface area contributed by atoms with Crippen LogP contribution in [0, 0.1) is 5.82 Å². The maximum Gasteiger partial charge on any atom is 0.244 e. The standard InChI is InChI=1S/C22H25FN2O2/c1-16-15-25(12-13-27-16)21-5-3-4-19(14-21)17(2)24-22(26)11-8-18-6-9-20(23)10-7-18/h3-11,14,16-17H,12-13,15H2,1-2H3,(H,24,26)/b11-8+/t16?,17-/m1/s1. The third-order valence-corrected chi connectivity index (χ3v) is 4.63. The maximum atomic E-state index is 12.9. The number of hydrogen-bond acceptors (Lipinski definition) is 3. The number of benzene rings is 2. The first kappa shape index (κ1) is 19.1. The van der Waals surface area contributed by atoms with Crippen LogP contribution in [0.25, 0.3) is 6.08 Å². The van der Waals surface area contributed by atoms with Gasteiger partial charge in [-0.15, -0.1) is 0 Å². The fourth-order valence-electron chi connectivity index (χ4n) is 3.13. The summed E-state index contributed by atoms with van der Waals surface area (Å²) in [5.74, 6) is -0.475. The second-order valence-electron chi connectivity index (χ2n) is 6.84. The van der Waals surface area contributed by atoms with Gasteiger partial charge >= 0.3 is 0 Å². The van der Waals surface area contributed by atoms with Gasteiger partial charge in [-0.1, -0.05) is 24.3 Å². The van der Waals surface area contributed by atoms with Crippen molar-refractivity contribution in [3.8, 4) is 0 Å². The van der Waals surface area contributed by atoms with Crippen LogP contribution in [0.5, 0.6) is 0 Å². The molecule has 1 aliphatic heterocycles. The number of morpholine rings is 1. The van der Waals surface area contributed by atoms with Gasteiger partial charge in [0, 0.05) is 24.9 Å². The normalized spacial score (nSPS) is 18.5. The second-order valence-corrected chi connectivity index (χ2v) is 6.84. The highest BCUT2D eigenvalue weighted by atomic mass is 19.1.